The van der Waals surface area contributed by atoms with Gasteiger partial charge in [0.05, 0.1) is 28.1 Å². The van der Waals surface area contributed by atoms with Crippen LogP contribution in [-0.4, -0.2) is 4.57 Å². The third-order valence-corrected chi connectivity index (χ3v) is 18.0. The van der Waals surface area contributed by atoms with Crippen LogP contribution in [-0.2, 0) is 32.5 Å². The molecule has 2 heteroatoms. The van der Waals surface area contributed by atoms with Crippen molar-refractivity contribution in [2.24, 2.45) is 0 Å². The lowest BCUT2D eigenvalue weighted by molar-refractivity contribution is 0.568. The third-order valence-electron chi connectivity index (χ3n) is 18.0. The van der Waals surface area contributed by atoms with E-state index in [-0.39, 0.29) is 32.5 Å². The lowest BCUT2D eigenvalue weighted by Crippen LogP contribution is -2.18. The van der Waals surface area contributed by atoms with E-state index >= 15 is 0 Å². The lowest BCUT2D eigenvalue weighted by Gasteiger charge is -2.33. The number of anilines is 3. The SMILES string of the molecule is CC(C)(C)c1cc(-c2ccc(C(C)(C)C)cc2-c2cccc(N(c3cc(C(C)(C)C)ccc3-c3cc(C(C)(C)C)cc(C(C)(C)C)c3)c3ccc4ccc5c(-n6c7ccccc7c7ccccc76)ccc6ccc3c4c65)c2)cc(C(C)(C)C)c1. The Morgan fingerprint density at radius 2 is 0.714 bits per heavy atom. The molecule has 12 rings (SSSR count). The van der Waals surface area contributed by atoms with Crippen molar-refractivity contribution in [1.29, 1.82) is 0 Å². The molecule has 0 saturated heterocycles. The summed E-state index contributed by atoms with van der Waals surface area (Å²) in [5.74, 6) is 0. The summed E-state index contributed by atoms with van der Waals surface area (Å²) < 4.78 is 2.49. The average molecular weight is 1100 g/mol. The first-order valence-electron chi connectivity index (χ1n) is 30.7. The van der Waals surface area contributed by atoms with E-state index in [0.717, 1.165) is 17.1 Å². The summed E-state index contributed by atoms with van der Waals surface area (Å²) in [4.78, 5) is 2.62. The van der Waals surface area contributed by atoms with Crippen LogP contribution in [0.15, 0.2) is 194 Å². The number of para-hydroxylation sites is 2. The number of aromatic nitrogens is 1. The molecule has 0 amide bonds. The average Bonchev–Trinajstić information content (AvgIpc) is 1.28. The number of benzene rings is 11. The molecule has 0 spiro atoms. The molecule has 2 nitrogen and oxygen atoms in total. The molecule has 424 valence electrons. The maximum atomic E-state index is 2.62. The van der Waals surface area contributed by atoms with Gasteiger partial charge in [0.15, 0.2) is 0 Å². The van der Waals surface area contributed by atoms with Gasteiger partial charge in [-0.05, 0) is 158 Å². The van der Waals surface area contributed by atoms with E-state index in [1.165, 1.54) is 127 Å². The molecule has 11 aromatic carbocycles. The van der Waals surface area contributed by atoms with Crippen LogP contribution in [0.5, 0.6) is 0 Å². The van der Waals surface area contributed by atoms with Crippen LogP contribution in [0.25, 0.3) is 93.2 Å². The molecule has 0 N–H and O–H groups in total. The monoisotopic (exact) mass is 1100 g/mol. The number of nitrogens with zero attached hydrogens (tertiary/aromatic N) is 2. The number of hydrogen-bond donors (Lipinski definition) is 0. The highest BCUT2D eigenvalue weighted by Gasteiger charge is 2.29. The molecule has 84 heavy (non-hydrogen) atoms. The molecule has 12 aromatic rings. The molecule has 1 heterocycles. The summed E-state index contributed by atoms with van der Waals surface area (Å²) >= 11 is 0. The quantitative estimate of drug-likeness (QED) is 0.144. The van der Waals surface area contributed by atoms with Gasteiger partial charge in [-0.3, -0.25) is 0 Å². The van der Waals surface area contributed by atoms with E-state index in [2.05, 4.69) is 328 Å². The molecule has 0 radical (unpaired) electrons. The van der Waals surface area contributed by atoms with Gasteiger partial charge in [-0.2, -0.15) is 0 Å². The molecule has 0 aliphatic heterocycles. The van der Waals surface area contributed by atoms with Crippen molar-refractivity contribution in [3.8, 4) is 39.1 Å². The van der Waals surface area contributed by atoms with Crippen molar-refractivity contribution in [1.82, 2.24) is 4.57 Å². The molecular weight excluding hydrogens is 1010 g/mol. The molecular formula is C82H86N2. The summed E-state index contributed by atoms with van der Waals surface area (Å²) in [5.41, 5.74) is 21.9. The van der Waals surface area contributed by atoms with Crippen LogP contribution >= 0.6 is 0 Å². The zero-order valence-corrected chi connectivity index (χ0v) is 53.4. The van der Waals surface area contributed by atoms with Crippen LogP contribution in [0.1, 0.15) is 158 Å². The highest BCUT2D eigenvalue weighted by molar-refractivity contribution is 6.27. The smallest absolute Gasteiger partial charge is 0.0543 e. The fourth-order valence-corrected chi connectivity index (χ4v) is 12.8. The lowest BCUT2D eigenvalue weighted by atomic mass is 9.77. The van der Waals surface area contributed by atoms with Gasteiger partial charge in [0, 0.05) is 32.8 Å². The van der Waals surface area contributed by atoms with Crippen LogP contribution in [0.2, 0.25) is 0 Å². The van der Waals surface area contributed by atoms with Crippen molar-refractivity contribution in [3.63, 3.8) is 0 Å². The Bertz CT molecular complexity index is 4410. The van der Waals surface area contributed by atoms with Crippen LogP contribution in [0, 0.1) is 0 Å². The van der Waals surface area contributed by atoms with Crippen molar-refractivity contribution in [2.45, 2.75) is 157 Å². The minimum atomic E-state index is -0.133. The minimum absolute atomic E-state index is 0.0332. The van der Waals surface area contributed by atoms with Crippen molar-refractivity contribution >= 4 is 71.2 Å². The van der Waals surface area contributed by atoms with Gasteiger partial charge >= 0.3 is 0 Å². The molecule has 0 aliphatic rings. The van der Waals surface area contributed by atoms with Gasteiger partial charge in [-0.15, -0.1) is 0 Å². The first-order valence-corrected chi connectivity index (χ1v) is 30.7. The predicted octanol–water partition coefficient (Wildman–Crippen LogP) is 23.9. The second-order valence-corrected chi connectivity index (χ2v) is 30.4. The van der Waals surface area contributed by atoms with E-state index < -0.39 is 0 Å². The van der Waals surface area contributed by atoms with Crippen molar-refractivity contribution in [3.05, 3.63) is 228 Å². The summed E-state index contributed by atoms with van der Waals surface area (Å²) in [7, 11) is 0. The van der Waals surface area contributed by atoms with Gasteiger partial charge in [-0.1, -0.05) is 276 Å². The topological polar surface area (TPSA) is 8.17 Å². The van der Waals surface area contributed by atoms with Crippen LogP contribution in [0.3, 0.4) is 0 Å². The molecule has 0 saturated carbocycles. The van der Waals surface area contributed by atoms with E-state index in [9.17, 15) is 0 Å². The molecule has 1 aromatic heterocycles. The zero-order valence-electron chi connectivity index (χ0n) is 53.4. The molecule has 0 fully saturated rings. The van der Waals surface area contributed by atoms with Gasteiger partial charge in [-0.25, -0.2) is 0 Å². The number of fused-ring (bicyclic) bond motifs is 3. The summed E-state index contributed by atoms with van der Waals surface area (Å²) in [6.07, 6.45) is 0. The fraction of sp³-hybridized carbons (Fsp3) is 0.293. The Morgan fingerprint density at radius 3 is 1.24 bits per heavy atom. The molecule has 0 bridgehead atoms. The van der Waals surface area contributed by atoms with Gasteiger partial charge in [0.2, 0.25) is 0 Å². The minimum Gasteiger partial charge on any atom is -0.309 e. The Kier molecular flexibility index (Phi) is 13.4. The summed E-state index contributed by atoms with van der Waals surface area (Å²) in [5, 5.41) is 10.0. The second kappa shape index (κ2) is 19.8. The Hall–Kier alpha value is -7.94. The van der Waals surface area contributed by atoms with E-state index in [1.54, 1.807) is 0 Å². The molecule has 0 atom stereocenters. The van der Waals surface area contributed by atoms with Gasteiger partial charge in [0.25, 0.3) is 0 Å². The standard InChI is InChI=1S/C82H86N2/c1-77(2,3)56-34-38-63(54-42-58(79(7,8)9)47-59(43-54)80(10,11)12)69(49-56)53-24-23-25-62(46-53)83(74-50-57(78(4,5)6)35-39-64(74)55-44-60(81(13,14)15)48-61(45-55)82(16,17)18)72-40-32-51-31-37-68-73(41-33-52-30-36-67(72)75(51)76(52)68)84-70-28-21-19-26-65(70)66-27-20-22-29-71(66)84/h19-50H,1-18H3. The first-order chi connectivity index (χ1) is 39.4. The highest BCUT2D eigenvalue weighted by atomic mass is 15.1. The van der Waals surface area contributed by atoms with Crippen LogP contribution < -0.4 is 4.90 Å². The second-order valence-electron chi connectivity index (χ2n) is 30.4. The van der Waals surface area contributed by atoms with E-state index in [4.69, 9.17) is 0 Å². The summed E-state index contributed by atoms with van der Waals surface area (Å²) in [6, 6.07) is 75.6. The Morgan fingerprint density at radius 1 is 0.274 bits per heavy atom. The summed E-state index contributed by atoms with van der Waals surface area (Å²) in [6.45, 7) is 42.2. The number of rotatable bonds is 7. The van der Waals surface area contributed by atoms with Crippen molar-refractivity contribution < 1.29 is 0 Å². The maximum Gasteiger partial charge on any atom is 0.0543 e. The Balaban J connectivity index is 1.18. The third kappa shape index (κ3) is 10.1. The molecule has 0 unspecified atom stereocenters. The maximum absolute atomic E-state index is 2.62. The van der Waals surface area contributed by atoms with E-state index in [1.807, 2.05) is 0 Å². The Labute approximate surface area is 501 Å². The van der Waals surface area contributed by atoms with Gasteiger partial charge < -0.3 is 9.47 Å². The van der Waals surface area contributed by atoms with Gasteiger partial charge in [0.1, 0.15) is 0 Å². The first kappa shape index (κ1) is 56.5. The zero-order chi connectivity index (χ0) is 59.8. The fourth-order valence-electron chi connectivity index (χ4n) is 12.8. The van der Waals surface area contributed by atoms with Crippen molar-refractivity contribution in [2.75, 3.05) is 4.90 Å². The molecule has 0 aliphatic carbocycles. The predicted molar refractivity (Wildman–Crippen MR) is 368 cm³/mol. The normalized spacial score (nSPS) is 13.1. The van der Waals surface area contributed by atoms with Crippen LogP contribution in [0.4, 0.5) is 17.1 Å². The largest absolute Gasteiger partial charge is 0.309 e. The van der Waals surface area contributed by atoms with E-state index in [0.29, 0.717) is 0 Å². The number of hydrogen-bond acceptors (Lipinski definition) is 1. The highest BCUT2D eigenvalue weighted by Crippen LogP contribution is 2.51.